The van der Waals surface area contributed by atoms with Crippen molar-refractivity contribution >= 4 is 8.32 Å². The van der Waals surface area contributed by atoms with Crippen molar-refractivity contribution in [2.45, 2.75) is 58.4 Å². The van der Waals surface area contributed by atoms with E-state index in [-0.39, 0.29) is 11.1 Å². The van der Waals surface area contributed by atoms with Crippen molar-refractivity contribution in [1.82, 2.24) is 0 Å². The van der Waals surface area contributed by atoms with E-state index in [4.69, 9.17) is 10.8 Å². The molecule has 0 saturated heterocycles. The number of hydrogen-bond donors (Lipinski definition) is 0. The summed E-state index contributed by atoms with van der Waals surface area (Å²) in [5.74, 6) is 3.19. The highest BCUT2D eigenvalue weighted by molar-refractivity contribution is 6.74. The van der Waals surface area contributed by atoms with Crippen LogP contribution in [0.2, 0.25) is 18.1 Å². The minimum Gasteiger partial charge on any atom is -0.403 e. The normalized spacial score (nSPS) is 15.4. The van der Waals surface area contributed by atoms with Gasteiger partial charge in [0, 0.05) is 0 Å². The van der Waals surface area contributed by atoms with E-state index in [2.05, 4.69) is 71.0 Å². The lowest BCUT2D eigenvalue weighted by atomic mass is 9.96. The summed E-state index contributed by atoms with van der Waals surface area (Å²) in [6, 6.07) is 10.5. The lowest BCUT2D eigenvalue weighted by Gasteiger charge is -2.39. The largest absolute Gasteiger partial charge is 0.403 e. The standard InChI is InChI=1S/C18H28OSi/c1-8-17(19-20(6,7)18(3,4)5)15(2)14-16-12-10-9-11-13-16/h1,9-13,15,17H,14H2,2-7H3/t15-,17-/m1/s1. The van der Waals surface area contributed by atoms with Gasteiger partial charge in [-0.3, -0.25) is 0 Å². The first-order valence-corrected chi connectivity index (χ1v) is 10.3. The molecule has 0 aliphatic rings. The Morgan fingerprint density at radius 3 is 2.20 bits per heavy atom. The Hall–Kier alpha value is -1.04. The zero-order valence-corrected chi connectivity index (χ0v) is 14.7. The van der Waals surface area contributed by atoms with E-state index in [0.717, 1.165) is 6.42 Å². The van der Waals surface area contributed by atoms with Crippen LogP contribution in [0.3, 0.4) is 0 Å². The van der Waals surface area contributed by atoms with Crippen molar-refractivity contribution < 1.29 is 4.43 Å². The van der Waals surface area contributed by atoms with Gasteiger partial charge in [0.15, 0.2) is 8.32 Å². The lowest BCUT2D eigenvalue weighted by Crippen LogP contribution is -2.45. The van der Waals surface area contributed by atoms with Crippen LogP contribution in [0.1, 0.15) is 33.3 Å². The molecule has 1 aromatic rings. The molecule has 2 heteroatoms. The molecule has 0 fully saturated rings. The molecule has 0 N–H and O–H groups in total. The van der Waals surface area contributed by atoms with E-state index in [1.807, 2.05) is 6.07 Å². The molecule has 0 heterocycles. The molecule has 1 nitrogen and oxygen atoms in total. The molecule has 1 aromatic carbocycles. The van der Waals surface area contributed by atoms with Crippen LogP contribution in [0.5, 0.6) is 0 Å². The van der Waals surface area contributed by atoms with Gasteiger partial charge in [-0.15, -0.1) is 6.42 Å². The molecule has 0 radical (unpaired) electrons. The van der Waals surface area contributed by atoms with Crippen LogP contribution in [0.15, 0.2) is 30.3 Å². The van der Waals surface area contributed by atoms with Crippen LogP contribution in [0, 0.1) is 18.3 Å². The number of hydrogen-bond acceptors (Lipinski definition) is 1. The molecule has 0 aliphatic heterocycles. The van der Waals surface area contributed by atoms with Gasteiger partial charge in [0.1, 0.15) is 6.10 Å². The lowest BCUT2D eigenvalue weighted by molar-refractivity contribution is 0.177. The van der Waals surface area contributed by atoms with Gasteiger partial charge in [-0.1, -0.05) is 63.9 Å². The van der Waals surface area contributed by atoms with Crippen LogP contribution in [-0.2, 0) is 10.8 Å². The van der Waals surface area contributed by atoms with E-state index < -0.39 is 8.32 Å². The minimum atomic E-state index is -1.81. The molecule has 0 amide bonds. The van der Waals surface area contributed by atoms with E-state index in [1.54, 1.807) is 0 Å². The quantitative estimate of drug-likeness (QED) is 0.554. The Bertz CT molecular complexity index is 451. The first kappa shape index (κ1) is 17.0. The van der Waals surface area contributed by atoms with Gasteiger partial charge in [0.2, 0.25) is 0 Å². The fourth-order valence-corrected chi connectivity index (χ4v) is 3.19. The first-order valence-electron chi connectivity index (χ1n) is 7.35. The van der Waals surface area contributed by atoms with Crippen LogP contribution in [0.25, 0.3) is 0 Å². The van der Waals surface area contributed by atoms with Crippen LogP contribution >= 0.6 is 0 Å². The van der Waals surface area contributed by atoms with Crippen molar-refractivity contribution in [2.75, 3.05) is 0 Å². The van der Waals surface area contributed by atoms with Crippen LogP contribution < -0.4 is 0 Å². The summed E-state index contributed by atoms with van der Waals surface area (Å²) >= 11 is 0. The van der Waals surface area contributed by atoms with Gasteiger partial charge < -0.3 is 4.43 Å². The Balaban J connectivity index is 2.74. The van der Waals surface area contributed by atoms with Gasteiger partial charge in [0.25, 0.3) is 0 Å². The smallest absolute Gasteiger partial charge is 0.193 e. The fraction of sp³-hybridized carbons (Fsp3) is 0.556. The maximum Gasteiger partial charge on any atom is 0.193 e. The van der Waals surface area contributed by atoms with Crippen molar-refractivity contribution in [2.24, 2.45) is 5.92 Å². The molecular weight excluding hydrogens is 260 g/mol. The maximum absolute atomic E-state index is 6.39. The predicted molar refractivity (Wildman–Crippen MR) is 90.2 cm³/mol. The van der Waals surface area contributed by atoms with E-state index >= 15 is 0 Å². The molecule has 0 spiro atoms. The SMILES string of the molecule is C#C[C@@H](O[Si](C)(C)C(C)(C)C)[C@H](C)Cc1ccccc1. The third-order valence-electron chi connectivity index (χ3n) is 4.31. The summed E-state index contributed by atoms with van der Waals surface area (Å²) < 4.78 is 6.39. The van der Waals surface area contributed by atoms with E-state index in [1.165, 1.54) is 5.56 Å². The third kappa shape index (κ3) is 4.51. The van der Waals surface area contributed by atoms with Gasteiger partial charge in [-0.05, 0) is 36.0 Å². The van der Waals surface area contributed by atoms with Gasteiger partial charge in [-0.2, -0.15) is 0 Å². The highest BCUT2D eigenvalue weighted by Crippen LogP contribution is 2.38. The zero-order chi connectivity index (χ0) is 15.4. The fourth-order valence-electron chi connectivity index (χ4n) is 1.90. The zero-order valence-electron chi connectivity index (χ0n) is 13.7. The number of terminal acetylenes is 1. The average Bonchev–Trinajstić information content (AvgIpc) is 2.35. The second-order valence-electron chi connectivity index (χ2n) is 7.13. The summed E-state index contributed by atoms with van der Waals surface area (Å²) in [6.07, 6.45) is 6.59. The Morgan fingerprint density at radius 1 is 1.20 bits per heavy atom. The molecule has 0 aliphatic carbocycles. The molecule has 0 aromatic heterocycles. The van der Waals surface area contributed by atoms with Gasteiger partial charge in [-0.25, -0.2) is 0 Å². The second kappa shape index (κ2) is 6.61. The van der Waals surface area contributed by atoms with Crippen LogP contribution in [-0.4, -0.2) is 14.4 Å². The summed E-state index contributed by atoms with van der Waals surface area (Å²) in [5.41, 5.74) is 1.32. The molecule has 0 saturated carbocycles. The van der Waals surface area contributed by atoms with Gasteiger partial charge in [0.05, 0.1) is 0 Å². The molecule has 0 unspecified atom stereocenters. The van der Waals surface area contributed by atoms with Crippen molar-refractivity contribution in [3.8, 4) is 12.3 Å². The summed E-state index contributed by atoms with van der Waals surface area (Å²) in [4.78, 5) is 0. The van der Waals surface area contributed by atoms with Crippen molar-refractivity contribution in [3.05, 3.63) is 35.9 Å². The molecule has 110 valence electrons. The highest BCUT2D eigenvalue weighted by Gasteiger charge is 2.39. The summed E-state index contributed by atoms with van der Waals surface area (Å²) in [7, 11) is -1.81. The first-order chi connectivity index (χ1) is 9.17. The van der Waals surface area contributed by atoms with E-state index in [0.29, 0.717) is 5.92 Å². The van der Waals surface area contributed by atoms with Crippen LogP contribution in [0.4, 0.5) is 0 Å². The minimum absolute atomic E-state index is 0.101. The molecule has 1 rings (SSSR count). The molecule has 0 bridgehead atoms. The van der Waals surface area contributed by atoms with Crippen molar-refractivity contribution in [1.29, 1.82) is 0 Å². The predicted octanol–water partition coefficient (Wildman–Crippen LogP) is 4.89. The Labute approximate surface area is 125 Å². The molecular formula is C18H28OSi. The number of benzene rings is 1. The highest BCUT2D eigenvalue weighted by atomic mass is 28.4. The van der Waals surface area contributed by atoms with Crippen molar-refractivity contribution in [3.63, 3.8) is 0 Å². The molecule has 2 atom stereocenters. The maximum atomic E-state index is 6.39. The topological polar surface area (TPSA) is 9.23 Å². The molecule has 20 heavy (non-hydrogen) atoms. The summed E-state index contributed by atoms with van der Waals surface area (Å²) in [6.45, 7) is 13.4. The Kier molecular flexibility index (Phi) is 5.62. The monoisotopic (exact) mass is 288 g/mol. The Morgan fingerprint density at radius 2 is 1.75 bits per heavy atom. The van der Waals surface area contributed by atoms with E-state index in [9.17, 15) is 0 Å². The number of rotatable bonds is 5. The second-order valence-corrected chi connectivity index (χ2v) is 11.9. The average molecular weight is 289 g/mol. The summed E-state index contributed by atoms with van der Waals surface area (Å²) in [5, 5.41) is 0.189. The third-order valence-corrected chi connectivity index (χ3v) is 8.76. The van der Waals surface area contributed by atoms with Gasteiger partial charge >= 0.3 is 0 Å².